The molecule has 2 aromatic heterocycles. The first kappa shape index (κ1) is 21.1. The van der Waals surface area contributed by atoms with Crippen molar-refractivity contribution in [3.05, 3.63) is 57.7 Å². The van der Waals surface area contributed by atoms with Gasteiger partial charge >= 0.3 is 0 Å². The van der Waals surface area contributed by atoms with Crippen molar-refractivity contribution in [1.82, 2.24) is 20.1 Å². The van der Waals surface area contributed by atoms with Crippen LogP contribution >= 0.6 is 11.3 Å². The molecule has 3 heterocycles. The fourth-order valence-corrected chi connectivity index (χ4v) is 4.07. The van der Waals surface area contributed by atoms with Gasteiger partial charge in [0.15, 0.2) is 16.8 Å². The van der Waals surface area contributed by atoms with Crippen molar-refractivity contribution in [1.29, 1.82) is 0 Å². The molecule has 1 aliphatic rings. The lowest BCUT2D eigenvalue weighted by Crippen LogP contribution is -2.53. The lowest BCUT2D eigenvalue weighted by molar-refractivity contribution is -0.120. The SMILES string of the molecule is CC(C(=O)Nc1nc(-c2ccc(F)c(F)c2)cs1)N1CCN(c2ccc(=O)[nH]n2)CC1. The number of amides is 1. The Kier molecular flexibility index (Phi) is 6.05. The molecule has 1 atom stereocenters. The molecule has 0 saturated carbocycles. The van der Waals surface area contributed by atoms with E-state index in [4.69, 9.17) is 0 Å². The number of H-pyrrole nitrogens is 1. The van der Waals surface area contributed by atoms with Crippen molar-refractivity contribution in [2.24, 2.45) is 0 Å². The zero-order valence-corrected chi connectivity index (χ0v) is 17.5. The molecule has 8 nitrogen and oxygen atoms in total. The van der Waals surface area contributed by atoms with Crippen molar-refractivity contribution in [3.8, 4) is 11.3 Å². The molecule has 1 unspecified atom stereocenters. The minimum atomic E-state index is -0.944. The summed E-state index contributed by atoms with van der Waals surface area (Å²) in [5.74, 6) is -1.36. The third-order valence-electron chi connectivity index (χ3n) is 5.18. The summed E-state index contributed by atoms with van der Waals surface area (Å²) in [5.41, 5.74) is 0.659. The van der Waals surface area contributed by atoms with Gasteiger partial charge in [0.1, 0.15) is 5.82 Å². The van der Waals surface area contributed by atoms with Crippen LogP contribution in [0.2, 0.25) is 0 Å². The quantitative estimate of drug-likeness (QED) is 0.625. The number of aromatic amines is 1. The minimum absolute atomic E-state index is 0.193. The fraction of sp³-hybridized carbons (Fsp3) is 0.300. The van der Waals surface area contributed by atoms with Crippen molar-refractivity contribution < 1.29 is 13.6 Å². The number of anilines is 2. The summed E-state index contributed by atoms with van der Waals surface area (Å²) < 4.78 is 26.6. The fourth-order valence-electron chi connectivity index (χ4n) is 3.35. The van der Waals surface area contributed by atoms with Crippen molar-refractivity contribution in [3.63, 3.8) is 0 Å². The van der Waals surface area contributed by atoms with Gasteiger partial charge in [-0.05, 0) is 31.2 Å². The van der Waals surface area contributed by atoms with Crippen LogP contribution in [0.5, 0.6) is 0 Å². The number of hydrogen-bond acceptors (Lipinski definition) is 7. The molecule has 4 rings (SSSR count). The van der Waals surface area contributed by atoms with Gasteiger partial charge in [-0.15, -0.1) is 11.3 Å². The number of carbonyl (C=O) groups is 1. The van der Waals surface area contributed by atoms with Crippen LogP contribution in [0, 0.1) is 11.6 Å². The molecule has 0 aliphatic carbocycles. The van der Waals surface area contributed by atoms with E-state index in [1.807, 2.05) is 11.8 Å². The van der Waals surface area contributed by atoms with Crippen LogP contribution in [0.1, 0.15) is 6.92 Å². The van der Waals surface area contributed by atoms with E-state index in [9.17, 15) is 18.4 Å². The molecule has 1 aliphatic heterocycles. The maximum absolute atomic E-state index is 13.4. The zero-order chi connectivity index (χ0) is 22.0. The third-order valence-corrected chi connectivity index (χ3v) is 5.94. The van der Waals surface area contributed by atoms with Crippen LogP contribution in [0.25, 0.3) is 11.3 Å². The number of aromatic nitrogens is 3. The molecule has 31 heavy (non-hydrogen) atoms. The van der Waals surface area contributed by atoms with Crippen LogP contribution in [-0.2, 0) is 4.79 Å². The molecule has 1 aromatic carbocycles. The van der Waals surface area contributed by atoms with E-state index in [-0.39, 0.29) is 17.5 Å². The van der Waals surface area contributed by atoms with Crippen molar-refractivity contribution >= 4 is 28.2 Å². The van der Waals surface area contributed by atoms with E-state index in [1.165, 1.54) is 23.5 Å². The number of thiazole rings is 1. The first-order chi connectivity index (χ1) is 14.9. The monoisotopic (exact) mass is 446 g/mol. The summed E-state index contributed by atoms with van der Waals surface area (Å²) >= 11 is 1.22. The van der Waals surface area contributed by atoms with E-state index < -0.39 is 11.6 Å². The van der Waals surface area contributed by atoms with Crippen LogP contribution < -0.4 is 15.8 Å². The Morgan fingerprint density at radius 2 is 1.94 bits per heavy atom. The zero-order valence-electron chi connectivity index (χ0n) is 16.6. The van der Waals surface area contributed by atoms with Gasteiger partial charge in [-0.2, -0.15) is 5.10 Å². The number of benzene rings is 1. The molecule has 162 valence electrons. The first-order valence-corrected chi connectivity index (χ1v) is 10.6. The molecule has 11 heteroatoms. The van der Waals surface area contributed by atoms with Gasteiger partial charge in [0.25, 0.3) is 5.56 Å². The van der Waals surface area contributed by atoms with Gasteiger partial charge in [0.05, 0.1) is 11.7 Å². The van der Waals surface area contributed by atoms with Crippen molar-refractivity contribution in [2.45, 2.75) is 13.0 Å². The number of nitrogens with zero attached hydrogens (tertiary/aromatic N) is 4. The maximum Gasteiger partial charge on any atom is 0.264 e. The van der Waals surface area contributed by atoms with Gasteiger partial charge in [-0.3, -0.25) is 14.5 Å². The number of halogens is 2. The van der Waals surface area contributed by atoms with Gasteiger partial charge in [0.2, 0.25) is 5.91 Å². The third kappa shape index (κ3) is 4.78. The van der Waals surface area contributed by atoms with E-state index in [0.29, 0.717) is 48.4 Å². The minimum Gasteiger partial charge on any atom is -0.353 e. The highest BCUT2D eigenvalue weighted by molar-refractivity contribution is 7.14. The molecule has 1 saturated heterocycles. The highest BCUT2D eigenvalue weighted by Crippen LogP contribution is 2.26. The number of carbonyl (C=O) groups excluding carboxylic acids is 1. The van der Waals surface area contributed by atoms with Gasteiger partial charge in [-0.1, -0.05) is 0 Å². The molecule has 2 N–H and O–H groups in total. The second kappa shape index (κ2) is 8.90. The molecular weight excluding hydrogens is 426 g/mol. The number of rotatable bonds is 5. The van der Waals surface area contributed by atoms with Crippen molar-refractivity contribution in [2.75, 3.05) is 36.4 Å². The average Bonchev–Trinajstić information content (AvgIpc) is 3.24. The Balaban J connectivity index is 1.34. The highest BCUT2D eigenvalue weighted by Gasteiger charge is 2.26. The summed E-state index contributed by atoms with van der Waals surface area (Å²) in [5, 5.41) is 11.3. The Morgan fingerprint density at radius 1 is 1.16 bits per heavy atom. The van der Waals surface area contributed by atoms with E-state index >= 15 is 0 Å². The predicted octanol–water partition coefficient (Wildman–Crippen LogP) is 2.32. The Labute approximate surface area is 180 Å². The molecular formula is C20H20F2N6O2S. The Hall–Kier alpha value is -3.18. The molecule has 0 radical (unpaired) electrons. The second-order valence-electron chi connectivity index (χ2n) is 7.13. The summed E-state index contributed by atoms with van der Waals surface area (Å²) in [6, 6.07) is 6.31. The largest absolute Gasteiger partial charge is 0.353 e. The highest BCUT2D eigenvalue weighted by atomic mass is 32.1. The molecule has 0 spiro atoms. The maximum atomic E-state index is 13.4. The topological polar surface area (TPSA) is 94.2 Å². The summed E-state index contributed by atoms with van der Waals surface area (Å²) in [6.07, 6.45) is 0. The summed E-state index contributed by atoms with van der Waals surface area (Å²) in [4.78, 5) is 32.3. The van der Waals surface area contributed by atoms with E-state index in [1.54, 1.807) is 11.4 Å². The van der Waals surface area contributed by atoms with Gasteiger partial charge in [0, 0.05) is 43.2 Å². The first-order valence-electron chi connectivity index (χ1n) is 9.67. The predicted molar refractivity (Wildman–Crippen MR) is 114 cm³/mol. The normalized spacial score (nSPS) is 15.6. The lowest BCUT2D eigenvalue weighted by atomic mass is 10.2. The number of nitrogens with one attached hydrogen (secondary N) is 2. The summed E-state index contributed by atoms with van der Waals surface area (Å²) in [7, 11) is 0. The Morgan fingerprint density at radius 3 is 2.61 bits per heavy atom. The van der Waals surface area contributed by atoms with Gasteiger partial charge in [-0.25, -0.2) is 18.9 Å². The van der Waals surface area contributed by atoms with E-state index in [0.717, 1.165) is 12.1 Å². The molecule has 1 amide bonds. The molecule has 1 fully saturated rings. The molecule has 3 aromatic rings. The summed E-state index contributed by atoms with van der Waals surface area (Å²) in [6.45, 7) is 4.50. The Bertz CT molecular complexity index is 1120. The van der Waals surface area contributed by atoms with E-state index in [2.05, 4.69) is 25.4 Å². The molecule has 0 bridgehead atoms. The van der Waals surface area contributed by atoms with Crippen LogP contribution in [0.3, 0.4) is 0 Å². The number of piperazine rings is 1. The second-order valence-corrected chi connectivity index (χ2v) is 7.99. The van der Waals surface area contributed by atoms with Crippen LogP contribution in [0.4, 0.5) is 19.7 Å². The smallest absolute Gasteiger partial charge is 0.264 e. The number of hydrogen-bond donors (Lipinski definition) is 2. The standard InChI is InChI=1S/C20H20F2N6O2S/c1-12(27-6-8-28(9-7-27)17-4-5-18(29)26-25-17)19(30)24-20-23-16(11-31-20)13-2-3-14(21)15(22)10-13/h2-5,10-12H,6-9H2,1H3,(H,26,29)(H,23,24,30). The lowest BCUT2D eigenvalue weighted by Gasteiger charge is -2.37. The average molecular weight is 446 g/mol. The van der Waals surface area contributed by atoms with Crippen LogP contribution in [-0.4, -0.2) is 58.2 Å². The van der Waals surface area contributed by atoms with Crippen LogP contribution in [0.15, 0.2) is 40.5 Å². The van der Waals surface area contributed by atoms with Gasteiger partial charge < -0.3 is 10.2 Å².